The van der Waals surface area contributed by atoms with Crippen molar-refractivity contribution in [2.24, 2.45) is 0 Å². The number of hydrogen-bond donors (Lipinski definition) is 0. The lowest BCUT2D eigenvalue weighted by atomic mass is 10.2. The number of ether oxygens (including phenoxy) is 1. The van der Waals surface area contributed by atoms with Gasteiger partial charge in [0, 0.05) is 33.9 Å². The van der Waals surface area contributed by atoms with E-state index in [1.165, 1.54) is 11.3 Å². The van der Waals surface area contributed by atoms with Gasteiger partial charge >= 0.3 is 0 Å². The minimum absolute atomic E-state index is 0.0164. The number of amides is 1. The number of carbonyl (C=O) groups is 1. The molecule has 1 amide bonds. The number of pyridine rings is 1. The summed E-state index contributed by atoms with van der Waals surface area (Å²) in [6, 6.07) is 13.9. The fourth-order valence-corrected chi connectivity index (χ4v) is 4.88. The Morgan fingerprint density at radius 2 is 2.10 bits per heavy atom. The summed E-state index contributed by atoms with van der Waals surface area (Å²) >= 11 is 4.93. The van der Waals surface area contributed by atoms with Crippen molar-refractivity contribution in [2.75, 3.05) is 18.1 Å². The van der Waals surface area contributed by atoms with Crippen LogP contribution in [0.4, 0.5) is 5.13 Å². The Morgan fingerprint density at radius 3 is 2.84 bits per heavy atom. The van der Waals surface area contributed by atoms with Crippen LogP contribution >= 0.6 is 27.3 Å². The predicted octanol–water partition coefficient (Wildman–Crippen LogP) is 5.35. The second-order valence-electron chi connectivity index (χ2n) is 7.59. The van der Waals surface area contributed by atoms with Crippen LogP contribution in [0.1, 0.15) is 29.0 Å². The molecule has 4 aromatic rings. The molecule has 158 valence electrons. The largest absolute Gasteiger partial charge is 0.376 e. The number of anilines is 1. The van der Waals surface area contributed by atoms with Gasteiger partial charge in [0.15, 0.2) is 5.13 Å². The van der Waals surface area contributed by atoms with E-state index in [0.29, 0.717) is 17.4 Å². The molecule has 4 heterocycles. The summed E-state index contributed by atoms with van der Waals surface area (Å²) in [7, 11) is 0. The molecular formula is C23H21BrN4O2S. The van der Waals surface area contributed by atoms with Gasteiger partial charge in [0.1, 0.15) is 11.3 Å². The van der Waals surface area contributed by atoms with Crippen LogP contribution < -0.4 is 4.90 Å². The zero-order chi connectivity index (χ0) is 21.4. The minimum Gasteiger partial charge on any atom is -0.376 e. The summed E-state index contributed by atoms with van der Waals surface area (Å²) in [5.74, 6) is -0.157. The summed E-state index contributed by atoms with van der Waals surface area (Å²) in [5.41, 5.74) is 4.06. The van der Waals surface area contributed by atoms with Crippen LogP contribution in [0.5, 0.6) is 0 Å². The van der Waals surface area contributed by atoms with Gasteiger partial charge in [-0.2, -0.15) is 0 Å². The SMILES string of the molecule is Cc1cccc2nc(C(=O)N(C[C@H]3CCCO3)c3nc(-c4ccc(Br)cc4)cs3)cn12. The number of thiazole rings is 1. The highest BCUT2D eigenvalue weighted by atomic mass is 79.9. The van der Waals surface area contributed by atoms with E-state index in [2.05, 4.69) is 20.9 Å². The molecule has 5 rings (SSSR count). The topological polar surface area (TPSA) is 59.7 Å². The molecule has 3 aromatic heterocycles. The van der Waals surface area contributed by atoms with Crippen molar-refractivity contribution >= 4 is 44.0 Å². The first-order valence-electron chi connectivity index (χ1n) is 10.2. The van der Waals surface area contributed by atoms with Crippen molar-refractivity contribution in [1.29, 1.82) is 0 Å². The molecule has 1 aliphatic heterocycles. The predicted molar refractivity (Wildman–Crippen MR) is 126 cm³/mol. The molecule has 0 saturated carbocycles. The van der Waals surface area contributed by atoms with Gasteiger partial charge in [-0.15, -0.1) is 11.3 Å². The molecule has 0 unspecified atom stereocenters. The molecule has 0 N–H and O–H groups in total. The highest BCUT2D eigenvalue weighted by Crippen LogP contribution is 2.30. The van der Waals surface area contributed by atoms with E-state index in [0.717, 1.165) is 46.5 Å². The van der Waals surface area contributed by atoms with Crippen LogP contribution in [0.25, 0.3) is 16.9 Å². The summed E-state index contributed by atoms with van der Waals surface area (Å²) in [5, 5.41) is 2.65. The third kappa shape index (κ3) is 4.15. The number of nitrogens with zero attached hydrogens (tertiary/aromatic N) is 4. The van der Waals surface area contributed by atoms with Crippen molar-refractivity contribution < 1.29 is 9.53 Å². The molecule has 1 fully saturated rings. The molecule has 1 aliphatic rings. The Balaban J connectivity index is 1.49. The number of hydrogen-bond acceptors (Lipinski definition) is 5. The van der Waals surface area contributed by atoms with Gasteiger partial charge in [0.2, 0.25) is 0 Å². The Bertz CT molecular complexity index is 1230. The Kier molecular flexibility index (Phi) is 5.60. The van der Waals surface area contributed by atoms with Crippen molar-refractivity contribution in [3.8, 4) is 11.3 Å². The second kappa shape index (κ2) is 8.53. The van der Waals surface area contributed by atoms with E-state index in [9.17, 15) is 4.79 Å². The molecule has 0 spiro atoms. The Morgan fingerprint density at radius 1 is 1.26 bits per heavy atom. The maximum absolute atomic E-state index is 13.6. The molecule has 0 aliphatic carbocycles. The van der Waals surface area contributed by atoms with E-state index in [1.54, 1.807) is 11.1 Å². The highest BCUT2D eigenvalue weighted by Gasteiger charge is 2.28. The van der Waals surface area contributed by atoms with Crippen LogP contribution in [0.2, 0.25) is 0 Å². The van der Waals surface area contributed by atoms with Crippen LogP contribution in [0.15, 0.2) is 58.5 Å². The van der Waals surface area contributed by atoms with Crippen molar-refractivity contribution in [2.45, 2.75) is 25.9 Å². The standard InChI is InChI=1S/C23H21BrN4O2S/c1-15-4-2-6-21-25-19(13-27(15)21)22(29)28(12-18-5-3-11-30-18)23-26-20(14-31-23)16-7-9-17(24)10-8-16/h2,4,6-10,13-14,18H,3,5,11-12H2,1H3/t18-/m1/s1. The molecule has 0 radical (unpaired) electrons. The number of halogens is 1. The maximum Gasteiger partial charge on any atom is 0.280 e. The highest BCUT2D eigenvalue weighted by molar-refractivity contribution is 9.10. The van der Waals surface area contributed by atoms with Crippen LogP contribution in [-0.4, -0.2) is 39.5 Å². The normalized spacial score (nSPS) is 16.1. The number of carbonyl (C=O) groups excluding carboxylic acids is 1. The quantitative estimate of drug-likeness (QED) is 0.373. The van der Waals surface area contributed by atoms with Gasteiger partial charge < -0.3 is 9.14 Å². The van der Waals surface area contributed by atoms with Gasteiger partial charge in [-0.1, -0.05) is 34.1 Å². The number of aromatic nitrogens is 3. The molecule has 31 heavy (non-hydrogen) atoms. The first-order valence-corrected chi connectivity index (χ1v) is 11.9. The summed E-state index contributed by atoms with van der Waals surface area (Å²) < 4.78 is 8.78. The zero-order valence-electron chi connectivity index (χ0n) is 17.0. The van der Waals surface area contributed by atoms with Gasteiger partial charge in [-0.05, 0) is 44.0 Å². The van der Waals surface area contributed by atoms with Gasteiger partial charge in [-0.3, -0.25) is 9.69 Å². The van der Waals surface area contributed by atoms with E-state index in [1.807, 2.05) is 59.2 Å². The average Bonchev–Trinajstić information content (AvgIpc) is 3.52. The second-order valence-corrected chi connectivity index (χ2v) is 9.35. The molecule has 1 saturated heterocycles. The number of benzene rings is 1. The van der Waals surface area contributed by atoms with E-state index >= 15 is 0 Å². The average molecular weight is 497 g/mol. The lowest BCUT2D eigenvalue weighted by Crippen LogP contribution is -2.37. The third-order valence-corrected chi connectivity index (χ3v) is 6.83. The van der Waals surface area contributed by atoms with Gasteiger partial charge in [-0.25, -0.2) is 9.97 Å². The molecule has 6 nitrogen and oxygen atoms in total. The van der Waals surface area contributed by atoms with E-state index < -0.39 is 0 Å². The van der Waals surface area contributed by atoms with E-state index in [-0.39, 0.29) is 12.0 Å². The number of imidazole rings is 1. The molecule has 1 atom stereocenters. The monoisotopic (exact) mass is 496 g/mol. The van der Waals surface area contributed by atoms with Crippen LogP contribution in [-0.2, 0) is 4.74 Å². The third-order valence-electron chi connectivity index (χ3n) is 5.43. The van der Waals surface area contributed by atoms with Gasteiger partial charge in [0.05, 0.1) is 18.3 Å². The fourth-order valence-electron chi connectivity index (χ4n) is 3.77. The van der Waals surface area contributed by atoms with Crippen molar-refractivity contribution in [3.05, 3.63) is 69.9 Å². The molecular weight excluding hydrogens is 476 g/mol. The maximum atomic E-state index is 13.6. The first-order chi connectivity index (χ1) is 15.1. The first kappa shape index (κ1) is 20.4. The van der Waals surface area contributed by atoms with Crippen molar-refractivity contribution in [1.82, 2.24) is 14.4 Å². The summed E-state index contributed by atoms with van der Waals surface area (Å²) in [6.45, 7) is 3.21. The molecule has 8 heteroatoms. The number of rotatable bonds is 5. The number of fused-ring (bicyclic) bond motifs is 1. The zero-order valence-corrected chi connectivity index (χ0v) is 19.4. The fraction of sp³-hybridized carbons (Fsp3) is 0.261. The Hall–Kier alpha value is -2.55. The smallest absolute Gasteiger partial charge is 0.280 e. The summed E-state index contributed by atoms with van der Waals surface area (Å²) in [6.07, 6.45) is 3.78. The Labute approximate surface area is 192 Å². The molecule has 0 bridgehead atoms. The molecule has 1 aromatic carbocycles. The van der Waals surface area contributed by atoms with Crippen LogP contribution in [0, 0.1) is 6.92 Å². The summed E-state index contributed by atoms with van der Waals surface area (Å²) in [4.78, 5) is 24.6. The van der Waals surface area contributed by atoms with Crippen LogP contribution in [0.3, 0.4) is 0 Å². The lowest BCUT2D eigenvalue weighted by molar-refractivity contribution is 0.0914. The van der Waals surface area contributed by atoms with E-state index in [4.69, 9.17) is 9.72 Å². The van der Waals surface area contributed by atoms with Crippen molar-refractivity contribution in [3.63, 3.8) is 0 Å². The van der Waals surface area contributed by atoms with Gasteiger partial charge in [0.25, 0.3) is 5.91 Å². The number of aryl methyl sites for hydroxylation is 1. The minimum atomic E-state index is -0.157. The lowest BCUT2D eigenvalue weighted by Gasteiger charge is -2.22.